The molecule has 0 aliphatic heterocycles. The summed E-state index contributed by atoms with van der Waals surface area (Å²) < 4.78 is 23.4. The van der Waals surface area contributed by atoms with Crippen molar-refractivity contribution >= 4 is 11.9 Å². The van der Waals surface area contributed by atoms with Crippen LogP contribution in [0.15, 0.2) is 78.9 Å². The smallest absolute Gasteiger partial charge is 0.333 e. The van der Waals surface area contributed by atoms with Crippen LogP contribution in [0.2, 0.25) is 0 Å². The van der Waals surface area contributed by atoms with Gasteiger partial charge in [-0.2, -0.15) is 0 Å². The Labute approximate surface area is 310 Å². The molecule has 0 heterocycles. The number of ether oxygens (including phenoxy) is 4. The molecular formula is C44H58O8. The first-order chi connectivity index (χ1) is 24.9. The molecule has 0 bridgehead atoms. The van der Waals surface area contributed by atoms with E-state index in [9.17, 15) is 19.8 Å². The van der Waals surface area contributed by atoms with Crippen LogP contribution in [-0.4, -0.2) is 61.8 Å². The Bertz CT molecular complexity index is 1630. The lowest BCUT2D eigenvalue weighted by Crippen LogP contribution is -2.25. The zero-order valence-corrected chi connectivity index (χ0v) is 31.9. The van der Waals surface area contributed by atoms with Crippen LogP contribution >= 0.6 is 0 Å². The van der Waals surface area contributed by atoms with E-state index in [1.807, 2.05) is 19.1 Å². The van der Waals surface area contributed by atoms with Crippen molar-refractivity contribution in [3.63, 3.8) is 0 Å². The van der Waals surface area contributed by atoms with Crippen molar-refractivity contribution < 1.29 is 38.7 Å². The monoisotopic (exact) mass is 714 g/mol. The van der Waals surface area contributed by atoms with Crippen LogP contribution in [0.4, 0.5) is 0 Å². The van der Waals surface area contributed by atoms with Gasteiger partial charge in [-0.05, 0) is 92.3 Å². The molecule has 282 valence electrons. The largest absolute Gasteiger partial charge is 0.489 e. The first kappa shape index (κ1) is 42.0. The summed E-state index contributed by atoms with van der Waals surface area (Å²) in [5.41, 5.74) is 7.25. The van der Waals surface area contributed by atoms with Crippen molar-refractivity contribution in [2.24, 2.45) is 5.41 Å². The fraction of sp³-hybridized carbons (Fsp3) is 0.455. The minimum atomic E-state index is -0.505. The third kappa shape index (κ3) is 12.7. The Balaban J connectivity index is 2.06. The van der Waals surface area contributed by atoms with E-state index in [4.69, 9.17) is 18.9 Å². The number of aliphatic hydroxyl groups excluding tert-OH is 2. The molecule has 0 unspecified atom stereocenters. The summed E-state index contributed by atoms with van der Waals surface area (Å²) in [6, 6.07) is 18.8. The highest BCUT2D eigenvalue weighted by molar-refractivity contribution is 5.87. The number of esters is 2. The number of benzene rings is 3. The van der Waals surface area contributed by atoms with Crippen molar-refractivity contribution in [1.82, 2.24) is 0 Å². The second-order valence-corrected chi connectivity index (χ2v) is 13.9. The van der Waals surface area contributed by atoms with E-state index in [1.54, 1.807) is 13.8 Å². The highest BCUT2D eigenvalue weighted by Gasteiger charge is 2.22. The summed E-state index contributed by atoms with van der Waals surface area (Å²) >= 11 is 0. The quantitative estimate of drug-likeness (QED) is 0.0571. The third-order valence-corrected chi connectivity index (χ3v) is 9.11. The summed E-state index contributed by atoms with van der Waals surface area (Å²) in [5, 5.41) is 19.5. The minimum Gasteiger partial charge on any atom is -0.489 e. The molecule has 0 spiro atoms. The summed E-state index contributed by atoms with van der Waals surface area (Å²) in [5.74, 6) is 0.282. The normalized spacial score (nSPS) is 11.2. The lowest BCUT2D eigenvalue weighted by Gasteiger charge is -2.24. The SMILES string of the molecule is C=C(C)C(=O)OCCOc1cc(-c2ccc(CCCC(C)(CO)CO)cc2CC)c(OCCOC(=O)C(=C)C)cc1-c1ccc(CCCCC)cc1. The van der Waals surface area contributed by atoms with Gasteiger partial charge in [0.2, 0.25) is 0 Å². The van der Waals surface area contributed by atoms with Crippen molar-refractivity contribution in [3.05, 3.63) is 95.6 Å². The molecule has 0 aliphatic carbocycles. The van der Waals surface area contributed by atoms with Crippen molar-refractivity contribution in [2.75, 3.05) is 39.6 Å². The summed E-state index contributed by atoms with van der Waals surface area (Å²) in [4.78, 5) is 24.1. The Morgan fingerprint density at radius 2 is 1.21 bits per heavy atom. The van der Waals surface area contributed by atoms with Gasteiger partial charge in [0.15, 0.2) is 0 Å². The molecule has 52 heavy (non-hydrogen) atoms. The highest BCUT2D eigenvalue weighted by Crippen LogP contribution is 2.43. The molecule has 8 nitrogen and oxygen atoms in total. The number of rotatable bonds is 23. The summed E-state index contributed by atoms with van der Waals surface area (Å²) in [7, 11) is 0. The van der Waals surface area contributed by atoms with E-state index in [2.05, 4.69) is 69.5 Å². The van der Waals surface area contributed by atoms with E-state index >= 15 is 0 Å². The van der Waals surface area contributed by atoms with Gasteiger partial charge in [-0.15, -0.1) is 0 Å². The molecule has 3 aromatic rings. The van der Waals surface area contributed by atoms with Crippen LogP contribution in [-0.2, 0) is 38.3 Å². The third-order valence-electron chi connectivity index (χ3n) is 9.11. The minimum absolute atomic E-state index is 0.0550. The van der Waals surface area contributed by atoms with Crippen LogP contribution in [0.3, 0.4) is 0 Å². The topological polar surface area (TPSA) is 112 Å². The second-order valence-electron chi connectivity index (χ2n) is 13.9. The summed E-state index contributed by atoms with van der Waals surface area (Å²) in [6.07, 6.45) is 7.62. The maximum atomic E-state index is 12.1. The first-order valence-corrected chi connectivity index (χ1v) is 18.5. The van der Waals surface area contributed by atoms with Gasteiger partial charge in [0.1, 0.15) is 37.9 Å². The molecule has 8 heteroatoms. The van der Waals surface area contributed by atoms with E-state index in [0.29, 0.717) is 29.1 Å². The number of aliphatic hydroxyl groups is 2. The van der Waals surface area contributed by atoms with Crippen LogP contribution in [0, 0.1) is 5.41 Å². The van der Waals surface area contributed by atoms with Gasteiger partial charge in [-0.1, -0.05) is 89.2 Å². The molecule has 0 aliphatic rings. The maximum absolute atomic E-state index is 12.1. The van der Waals surface area contributed by atoms with Crippen molar-refractivity contribution in [2.45, 2.75) is 86.0 Å². The second kappa shape index (κ2) is 21.2. The van der Waals surface area contributed by atoms with E-state index < -0.39 is 17.4 Å². The molecule has 0 atom stereocenters. The number of hydrogen-bond acceptors (Lipinski definition) is 8. The number of unbranched alkanes of at least 4 members (excludes halogenated alkanes) is 2. The van der Waals surface area contributed by atoms with Gasteiger partial charge in [0.05, 0.1) is 13.2 Å². The first-order valence-electron chi connectivity index (χ1n) is 18.5. The van der Waals surface area contributed by atoms with Crippen molar-refractivity contribution in [3.8, 4) is 33.8 Å². The number of hydrogen-bond donors (Lipinski definition) is 2. The predicted octanol–water partition coefficient (Wildman–Crippen LogP) is 8.63. The predicted molar refractivity (Wildman–Crippen MR) is 208 cm³/mol. The molecular weight excluding hydrogens is 656 g/mol. The standard InChI is InChI=1S/C44H58O8/c1-8-10-11-13-33-15-18-36(19-16-33)38-27-41(50-23-25-52-43(48)32(5)6)39(28-40(38)49-22-24-51-42(47)31(3)4)37-20-17-34(26-35(37)9-2)14-12-21-44(7,29-45)30-46/h15-20,26-28,45-46H,3,5,8-14,21-25,29-30H2,1-2,4,6-7H3. The number of aryl methyl sites for hydroxylation is 3. The molecule has 3 rings (SSSR count). The van der Waals surface area contributed by atoms with Gasteiger partial charge >= 0.3 is 11.9 Å². The van der Waals surface area contributed by atoms with Gasteiger partial charge < -0.3 is 29.2 Å². The van der Waals surface area contributed by atoms with E-state index in [1.165, 1.54) is 24.0 Å². The van der Waals surface area contributed by atoms with Crippen LogP contribution in [0.1, 0.15) is 83.4 Å². The molecule has 0 amide bonds. The lowest BCUT2D eigenvalue weighted by atomic mass is 9.85. The van der Waals surface area contributed by atoms with E-state index in [-0.39, 0.29) is 39.6 Å². The van der Waals surface area contributed by atoms with E-state index in [0.717, 1.165) is 59.9 Å². The van der Waals surface area contributed by atoms with Crippen LogP contribution in [0.25, 0.3) is 22.3 Å². The van der Waals surface area contributed by atoms with Gasteiger partial charge in [-0.25, -0.2) is 9.59 Å². The zero-order chi connectivity index (χ0) is 38.1. The Hall–Kier alpha value is -4.40. The zero-order valence-electron chi connectivity index (χ0n) is 31.9. The van der Waals surface area contributed by atoms with Crippen molar-refractivity contribution in [1.29, 1.82) is 0 Å². The average Bonchev–Trinajstić information content (AvgIpc) is 3.15. The molecule has 3 aromatic carbocycles. The Morgan fingerprint density at radius 3 is 1.75 bits per heavy atom. The molecule has 0 radical (unpaired) electrons. The van der Waals surface area contributed by atoms with Gasteiger partial charge in [-0.3, -0.25) is 0 Å². The average molecular weight is 715 g/mol. The molecule has 0 saturated heterocycles. The molecule has 0 aromatic heterocycles. The van der Waals surface area contributed by atoms with Crippen LogP contribution in [0.5, 0.6) is 11.5 Å². The highest BCUT2D eigenvalue weighted by atomic mass is 16.6. The summed E-state index contributed by atoms with van der Waals surface area (Å²) in [6.45, 7) is 17.0. The lowest BCUT2D eigenvalue weighted by molar-refractivity contribution is -0.140. The van der Waals surface area contributed by atoms with Gasteiger partial charge in [0.25, 0.3) is 0 Å². The van der Waals surface area contributed by atoms with Crippen LogP contribution < -0.4 is 9.47 Å². The Morgan fingerprint density at radius 1 is 0.673 bits per heavy atom. The Kier molecular flexibility index (Phi) is 17.1. The number of carbonyl (C=O) groups excluding carboxylic acids is 2. The molecule has 2 N–H and O–H groups in total. The fourth-order valence-corrected chi connectivity index (χ4v) is 5.77. The number of carbonyl (C=O) groups is 2. The van der Waals surface area contributed by atoms with Gasteiger partial charge in [0, 0.05) is 27.7 Å². The molecule has 0 saturated carbocycles. The maximum Gasteiger partial charge on any atom is 0.333 e. The fourth-order valence-electron chi connectivity index (χ4n) is 5.77. The molecule has 0 fully saturated rings.